The molecule has 0 aliphatic rings. The molecule has 2 heteroatoms. The van der Waals surface area contributed by atoms with Crippen LogP contribution in [0.5, 0.6) is 0 Å². The summed E-state index contributed by atoms with van der Waals surface area (Å²) in [5.41, 5.74) is 1.33. The Bertz CT molecular complexity index is 460. The number of rotatable bonds is 5. The van der Waals surface area contributed by atoms with Crippen LogP contribution in [0.15, 0.2) is 54.6 Å². The van der Waals surface area contributed by atoms with E-state index in [0.717, 1.165) is 13.1 Å². The Morgan fingerprint density at radius 1 is 0.778 bits per heavy atom. The zero-order chi connectivity index (χ0) is 12.8. The fourth-order valence-corrected chi connectivity index (χ4v) is 3.70. The molecule has 0 aromatic heterocycles. The van der Waals surface area contributed by atoms with Crippen molar-refractivity contribution < 1.29 is 0 Å². The molecule has 2 aromatic rings. The summed E-state index contributed by atoms with van der Waals surface area (Å²) in [4.78, 5) is 2.37. The van der Waals surface area contributed by atoms with Crippen molar-refractivity contribution >= 4 is 29.6 Å². The van der Waals surface area contributed by atoms with Crippen LogP contribution in [-0.2, 0) is 0 Å². The Kier molecular flexibility index (Phi) is 4.86. The Morgan fingerprint density at radius 3 is 1.89 bits per heavy atom. The third-order valence-electron chi connectivity index (χ3n) is 2.94. The van der Waals surface area contributed by atoms with Crippen molar-refractivity contribution in [2.45, 2.75) is 13.8 Å². The molecule has 0 amide bonds. The summed E-state index contributed by atoms with van der Waals surface area (Å²) in [5, 5.41) is 0. The van der Waals surface area contributed by atoms with Crippen LogP contribution in [0.3, 0.4) is 0 Å². The van der Waals surface area contributed by atoms with Gasteiger partial charge in [-0.3, -0.25) is 0 Å². The normalized spacial score (nSPS) is 10.3. The predicted octanol–water partition coefficient (Wildman–Crippen LogP) is 2.19. The molecule has 94 valence electrons. The fraction of sp³-hybridized carbons (Fsp3) is 0.250. The van der Waals surface area contributed by atoms with Gasteiger partial charge in [-0.15, -0.1) is 0 Å². The Hall–Kier alpha value is -1.24. The van der Waals surface area contributed by atoms with Crippen molar-refractivity contribution in [3.8, 4) is 0 Å². The van der Waals surface area contributed by atoms with Gasteiger partial charge in [0.1, 0.15) is 0 Å². The van der Waals surface area contributed by atoms with Gasteiger partial charge < -0.3 is 0 Å². The zero-order valence-electron chi connectivity index (χ0n) is 11.0. The van der Waals surface area contributed by atoms with Gasteiger partial charge in [0.05, 0.1) is 0 Å². The summed E-state index contributed by atoms with van der Waals surface area (Å²) in [7, 11) is 0. The van der Waals surface area contributed by atoms with Crippen LogP contribution in [0, 0.1) is 0 Å². The summed E-state index contributed by atoms with van der Waals surface area (Å²) in [6.07, 6.45) is 0. The molecule has 0 radical (unpaired) electrons. The summed E-state index contributed by atoms with van der Waals surface area (Å²) in [6, 6.07) is 19.7. The third-order valence-corrected chi connectivity index (χ3v) is 5.08. The first-order valence-corrected chi connectivity index (χ1v) is 8.12. The second kappa shape index (κ2) is 6.63. The average molecular weight is 304 g/mol. The van der Waals surface area contributed by atoms with Crippen molar-refractivity contribution in [2.24, 2.45) is 0 Å². The fourth-order valence-electron chi connectivity index (χ4n) is 1.94. The minimum absolute atomic E-state index is 0.420. The number of nitrogens with zero attached hydrogens (tertiary/aromatic N) is 1. The van der Waals surface area contributed by atoms with E-state index in [1.807, 2.05) is 0 Å². The van der Waals surface area contributed by atoms with Gasteiger partial charge in [-0.05, 0) is 0 Å². The number of hydrogen-bond acceptors (Lipinski definition) is 1. The molecule has 0 aliphatic carbocycles. The van der Waals surface area contributed by atoms with Crippen LogP contribution in [0.25, 0.3) is 0 Å². The van der Waals surface area contributed by atoms with E-state index in [-0.39, 0.29) is 0 Å². The van der Waals surface area contributed by atoms with E-state index in [9.17, 15) is 0 Å². The van der Waals surface area contributed by atoms with Gasteiger partial charge in [-0.25, -0.2) is 0 Å². The van der Waals surface area contributed by atoms with E-state index >= 15 is 0 Å². The molecular weight excluding hydrogens is 285 g/mol. The molecule has 0 spiro atoms. The molecule has 0 saturated carbocycles. The molecule has 0 fully saturated rings. The topological polar surface area (TPSA) is 3.24 Å². The molecule has 2 rings (SSSR count). The second-order valence-electron chi connectivity index (χ2n) is 4.08. The molecule has 0 bridgehead atoms. The van der Waals surface area contributed by atoms with Crippen LogP contribution < -0.4 is 13.8 Å². The Balaban J connectivity index is 2.08. The summed E-state index contributed by atoms with van der Waals surface area (Å²) < 4.78 is 2.87. The SMILES string of the molecule is CCN(CC)c1ccc([Se]c2ccccc2)cc1. The standard InChI is InChI=1S/C16H19NSe/c1-3-17(4-2)14-10-12-16(13-11-14)18-15-8-6-5-7-9-15/h5-13H,3-4H2,1-2H3. The van der Waals surface area contributed by atoms with E-state index in [1.165, 1.54) is 14.6 Å². The maximum atomic E-state index is 2.37. The van der Waals surface area contributed by atoms with E-state index in [0.29, 0.717) is 15.0 Å². The molecule has 0 aliphatic heterocycles. The van der Waals surface area contributed by atoms with Crippen LogP contribution in [-0.4, -0.2) is 28.0 Å². The molecule has 0 atom stereocenters. The zero-order valence-corrected chi connectivity index (χ0v) is 12.7. The van der Waals surface area contributed by atoms with Crippen LogP contribution in [0.1, 0.15) is 13.8 Å². The van der Waals surface area contributed by atoms with Gasteiger partial charge in [-0.2, -0.15) is 0 Å². The maximum absolute atomic E-state index is 2.37. The monoisotopic (exact) mass is 305 g/mol. The first-order chi connectivity index (χ1) is 8.83. The van der Waals surface area contributed by atoms with E-state index in [2.05, 4.69) is 73.3 Å². The van der Waals surface area contributed by atoms with Crippen LogP contribution >= 0.6 is 0 Å². The second-order valence-corrected chi connectivity index (χ2v) is 6.49. The van der Waals surface area contributed by atoms with Crippen molar-refractivity contribution in [3.63, 3.8) is 0 Å². The molecule has 0 N–H and O–H groups in total. The van der Waals surface area contributed by atoms with Crippen molar-refractivity contribution in [3.05, 3.63) is 54.6 Å². The average Bonchev–Trinajstić information content (AvgIpc) is 2.43. The number of hydrogen-bond donors (Lipinski definition) is 0. The summed E-state index contributed by atoms with van der Waals surface area (Å²) in [6.45, 7) is 6.54. The Labute approximate surface area is 116 Å². The molecule has 0 saturated heterocycles. The molecule has 0 heterocycles. The van der Waals surface area contributed by atoms with E-state index in [4.69, 9.17) is 0 Å². The van der Waals surface area contributed by atoms with Crippen LogP contribution in [0.4, 0.5) is 5.69 Å². The molecule has 2 aromatic carbocycles. The molecule has 1 nitrogen and oxygen atoms in total. The van der Waals surface area contributed by atoms with Crippen LogP contribution in [0.2, 0.25) is 0 Å². The number of anilines is 1. The van der Waals surface area contributed by atoms with Gasteiger partial charge in [0.2, 0.25) is 0 Å². The minimum atomic E-state index is 0.420. The van der Waals surface area contributed by atoms with Gasteiger partial charge in [0.25, 0.3) is 0 Å². The Morgan fingerprint density at radius 2 is 1.33 bits per heavy atom. The van der Waals surface area contributed by atoms with E-state index in [1.54, 1.807) is 0 Å². The molecular formula is C16H19NSe. The van der Waals surface area contributed by atoms with E-state index < -0.39 is 0 Å². The van der Waals surface area contributed by atoms with Crippen molar-refractivity contribution in [2.75, 3.05) is 18.0 Å². The summed E-state index contributed by atoms with van der Waals surface area (Å²) in [5.74, 6) is 0. The quantitative estimate of drug-likeness (QED) is 0.766. The third kappa shape index (κ3) is 3.38. The predicted molar refractivity (Wildman–Crippen MR) is 81.5 cm³/mol. The first-order valence-electron chi connectivity index (χ1n) is 6.41. The molecule has 0 unspecified atom stereocenters. The van der Waals surface area contributed by atoms with Gasteiger partial charge in [-0.1, -0.05) is 0 Å². The van der Waals surface area contributed by atoms with Crippen molar-refractivity contribution in [1.82, 2.24) is 0 Å². The first kappa shape index (κ1) is 13.2. The van der Waals surface area contributed by atoms with Crippen molar-refractivity contribution in [1.29, 1.82) is 0 Å². The van der Waals surface area contributed by atoms with Gasteiger partial charge in [0.15, 0.2) is 0 Å². The number of benzene rings is 2. The van der Waals surface area contributed by atoms with Gasteiger partial charge in [0, 0.05) is 0 Å². The molecule has 18 heavy (non-hydrogen) atoms. The van der Waals surface area contributed by atoms with Gasteiger partial charge >= 0.3 is 116 Å². The summed E-state index contributed by atoms with van der Waals surface area (Å²) >= 11 is 0.420.